The molecule has 0 radical (unpaired) electrons. The molecule has 0 aliphatic carbocycles. The van der Waals surface area contributed by atoms with Gasteiger partial charge in [-0.15, -0.1) is 5.10 Å². The number of aromatic nitrogens is 4. The lowest BCUT2D eigenvalue weighted by Crippen LogP contribution is -1.98. The number of hydrogen-bond donors (Lipinski definition) is 0. The van der Waals surface area contributed by atoms with Gasteiger partial charge in [-0.2, -0.15) is 0 Å². The first-order valence-electron chi connectivity index (χ1n) is 11.2. The molecule has 5 rings (SSSR count). The van der Waals surface area contributed by atoms with E-state index < -0.39 is 0 Å². The minimum absolute atomic E-state index is 0.392. The molecular formula is C26H26N4O2. The highest BCUT2D eigenvalue weighted by molar-refractivity contribution is 6.03. The first kappa shape index (κ1) is 20.2. The van der Waals surface area contributed by atoms with Gasteiger partial charge in [-0.1, -0.05) is 61.7 Å². The van der Waals surface area contributed by atoms with Gasteiger partial charge in [-0.05, 0) is 42.1 Å². The van der Waals surface area contributed by atoms with Crippen LogP contribution >= 0.6 is 0 Å². The van der Waals surface area contributed by atoms with E-state index in [1.807, 2.05) is 53.3 Å². The first-order valence-corrected chi connectivity index (χ1v) is 11.2. The second-order valence-corrected chi connectivity index (χ2v) is 8.00. The molecule has 3 aromatic carbocycles. The van der Waals surface area contributed by atoms with Crippen molar-refractivity contribution in [1.82, 2.24) is 20.0 Å². The van der Waals surface area contributed by atoms with Gasteiger partial charge in [0, 0.05) is 17.5 Å². The van der Waals surface area contributed by atoms with Crippen LogP contribution in [0.1, 0.15) is 38.3 Å². The number of unbranched alkanes of at least 4 members (excludes halogenated alkanes) is 3. The quantitative estimate of drug-likeness (QED) is 0.255. The summed E-state index contributed by atoms with van der Waals surface area (Å²) in [5, 5.41) is 10.6. The third-order valence-corrected chi connectivity index (χ3v) is 5.60. The Kier molecular flexibility index (Phi) is 5.83. The fraction of sp³-hybridized carbons (Fsp3) is 0.269. The van der Waals surface area contributed by atoms with Gasteiger partial charge >= 0.3 is 0 Å². The molecule has 0 atom stereocenters. The van der Waals surface area contributed by atoms with E-state index in [1.54, 1.807) is 0 Å². The van der Waals surface area contributed by atoms with Crippen molar-refractivity contribution in [3.63, 3.8) is 0 Å². The first-order chi connectivity index (χ1) is 15.8. The van der Waals surface area contributed by atoms with Crippen molar-refractivity contribution in [1.29, 1.82) is 0 Å². The third-order valence-electron chi connectivity index (χ3n) is 5.60. The van der Waals surface area contributed by atoms with Crippen LogP contribution < -0.4 is 4.74 Å². The van der Waals surface area contributed by atoms with E-state index in [2.05, 4.69) is 35.4 Å². The highest BCUT2D eigenvalue weighted by Gasteiger charge is 2.11. The maximum atomic E-state index is 6.01. The highest BCUT2D eigenvalue weighted by Crippen LogP contribution is 2.30. The molecule has 162 valence electrons. The molecule has 0 fully saturated rings. The zero-order valence-corrected chi connectivity index (χ0v) is 18.2. The topological polar surface area (TPSA) is 66.0 Å². The van der Waals surface area contributed by atoms with E-state index in [1.165, 1.54) is 19.3 Å². The molecule has 0 aliphatic rings. The number of fused-ring (bicyclic) bond motifs is 3. The average molecular weight is 427 g/mol. The number of nitrogens with zero attached hydrogens (tertiary/aromatic N) is 4. The van der Waals surface area contributed by atoms with Crippen molar-refractivity contribution >= 4 is 21.9 Å². The van der Waals surface area contributed by atoms with Crippen LogP contribution in [-0.2, 0) is 13.2 Å². The van der Waals surface area contributed by atoms with Crippen molar-refractivity contribution in [3.05, 3.63) is 72.6 Å². The smallest absolute Gasteiger partial charge is 0.227 e. The van der Waals surface area contributed by atoms with Gasteiger partial charge in [0.15, 0.2) is 5.58 Å². The Morgan fingerprint density at radius 2 is 1.81 bits per heavy atom. The van der Waals surface area contributed by atoms with Crippen LogP contribution in [0.25, 0.3) is 33.3 Å². The van der Waals surface area contributed by atoms with Crippen LogP contribution in [0.3, 0.4) is 0 Å². The number of oxazole rings is 1. The molecule has 0 aliphatic heterocycles. The summed E-state index contributed by atoms with van der Waals surface area (Å²) in [4.78, 5) is 4.74. The second kappa shape index (κ2) is 9.22. The van der Waals surface area contributed by atoms with Gasteiger partial charge in [0.05, 0.1) is 6.20 Å². The largest absolute Gasteiger partial charge is 0.487 e. The number of aryl methyl sites for hydroxylation is 1. The van der Waals surface area contributed by atoms with Gasteiger partial charge in [0.2, 0.25) is 5.89 Å². The Bertz CT molecular complexity index is 1320. The van der Waals surface area contributed by atoms with Crippen molar-refractivity contribution in [2.45, 2.75) is 45.8 Å². The third kappa shape index (κ3) is 4.35. The molecule has 0 saturated heterocycles. The summed E-state index contributed by atoms with van der Waals surface area (Å²) in [7, 11) is 0. The standard InChI is InChI=1S/C26H26N4O2/c1-2-3-4-7-16-30-17-21(28-29-30)18-31-22-13-10-20(11-14-22)26-27-25-23-9-6-5-8-19(23)12-15-24(25)32-26/h5-6,8-15,17H,2-4,7,16,18H2,1H3. The molecule has 2 aromatic heterocycles. The fourth-order valence-electron chi connectivity index (χ4n) is 3.85. The van der Waals surface area contributed by atoms with E-state index >= 15 is 0 Å². The summed E-state index contributed by atoms with van der Waals surface area (Å²) in [6.07, 6.45) is 6.82. The molecule has 0 spiro atoms. The van der Waals surface area contributed by atoms with Crippen LogP contribution in [-0.4, -0.2) is 20.0 Å². The molecule has 0 unspecified atom stereocenters. The Labute approximate surface area is 186 Å². The Hall–Kier alpha value is -3.67. The molecule has 6 heteroatoms. The van der Waals surface area contributed by atoms with E-state index in [9.17, 15) is 0 Å². The molecule has 0 saturated carbocycles. The number of rotatable bonds is 9. The molecule has 32 heavy (non-hydrogen) atoms. The summed E-state index contributed by atoms with van der Waals surface area (Å²) < 4.78 is 13.8. The molecule has 2 heterocycles. The molecule has 0 bridgehead atoms. The minimum atomic E-state index is 0.392. The van der Waals surface area contributed by atoms with Gasteiger partial charge in [-0.25, -0.2) is 4.98 Å². The molecule has 6 nitrogen and oxygen atoms in total. The zero-order valence-electron chi connectivity index (χ0n) is 18.2. The van der Waals surface area contributed by atoms with Crippen LogP contribution in [0, 0.1) is 0 Å². The Morgan fingerprint density at radius 3 is 2.69 bits per heavy atom. The Morgan fingerprint density at radius 1 is 0.938 bits per heavy atom. The molecular weight excluding hydrogens is 400 g/mol. The summed E-state index contributed by atoms with van der Waals surface area (Å²) in [6, 6.07) is 20.0. The number of benzene rings is 3. The Balaban J connectivity index is 1.24. The van der Waals surface area contributed by atoms with E-state index in [4.69, 9.17) is 14.1 Å². The van der Waals surface area contributed by atoms with Crippen molar-refractivity contribution < 1.29 is 9.15 Å². The lowest BCUT2D eigenvalue weighted by Gasteiger charge is -2.04. The molecule has 0 amide bonds. The van der Waals surface area contributed by atoms with Crippen molar-refractivity contribution in [2.24, 2.45) is 0 Å². The SMILES string of the molecule is CCCCCCn1cc(COc2ccc(-c3nc4c(ccc5ccccc54)o3)cc2)nn1. The van der Waals surface area contributed by atoms with Crippen LogP contribution in [0.2, 0.25) is 0 Å². The molecule has 5 aromatic rings. The maximum absolute atomic E-state index is 6.01. The highest BCUT2D eigenvalue weighted by atomic mass is 16.5. The predicted molar refractivity (Wildman–Crippen MR) is 125 cm³/mol. The van der Waals surface area contributed by atoms with Gasteiger partial charge in [-0.3, -0.25) is 4.68 Å². The average Bonchev–Trinajstić information content (AvgIpc) is 3.48. The monoisotopic (exact) mass is 426 g/mol. The predicted octanol–water partition coefficient (Wildman–Crippen LogP) is 6.40. The van der Waals surface area contributed by atoms with Crippen LogP contribution in [0.5, 0.6) is 5.75 Å². The minimum Gasteiger partial charge on any atom is -0.487 e. The zero-order chi connectivity index (χ0) is 21.8. The fourth-order valence-corrected chi connectivity index (χ4v) is 3.85. The molecule has 0 N–H and O–H groups in total. The van der Waals surface area contributed by atoms with Gasteiger partial charge in [0.25, 0.3) is 0 Å². The van der Waals surface area contributed by atoms with Crippen molar-refractivity contribution in [3.8, 4) is 17.2 Å². The lowest BCUT2D eigenvalue weighted by molar-refractivity contribution is 0.301. The van der Waals surface area contributed by atoms with Crippen molar-refractivity contribution in [2.75, 3.05) is 0 Å². The maximum Gasteiger partial charge on any atom is 0.227 e. The van der Waals surface area contributed by atoms with Gasteiger partial charge < -0.3 is 9.15 Å². The second-order valence-electron chi connectivity index (χ2n) is 8.00. The number of ether oxygens (including phenoxy) is 1. The summed E-state index contributed by atoms with van der Waals surface area (Å²) in [6.45, 7) is 3.51. The normalized spacial score (nSPS) is 11.4. The van der Waals surface area contributed by atoms with E-state index in [0.717, 1.165) is 51.8 Å². The summed E-state index contributed by atoms with van der Waals surface area (Å²) in [5.74, 6) is 1.38. The summed E-state index contributed by atoms with van der Waals surface area (Å²) >= 11 is 0. The number of hydrogen-bond acceptors (Lipinski definition) is 5. The van der Waals surface area contributed by atoms with Crippen LogP contribution in [0.15, 0.2) is 71.3 Å². The van der Waals surface area contributed by atoms with E-state index in [0.29, 0.717) is 12.5 Å². The van der Waals surface area contributed by atoms with Crippen LogP contribution in [0.4, 0.5) is 0 Å². The lowest BCUT2D eigenvalue weighted by atomic mass is 10.1. The summed E-state index contributed by atoms with van der Waals surface area (Å²) in [5.41, 5.74) is 3.42. The van der Waals surface area contributed by atoms with E-state index in [-0.39, 0.29) is 0 Å². The van der Waals surface area contributed by atoms with Gasteiger partial charge in [0.1, 0.15) is 23.6 Å².